The van der Waals surface area contributed by atoms with Gasteiger partial charge in [-0.2, -0.15) is 0 Å². The Morgan fingerprint density at radius 2 is 1.85 bits per heavy atom. The molecule has 2 aromatic carbocycles. The highest BCUT2D eigenvalue weighted by atomic mass is 16.5. The lowest BCUT2D eigenvalue weighted by Gasteiger charge is -2.23. The Balaban J connectivity index is 1.78. The second-order valence-corrected chi connectivity index (χ2v) is 5.91. The fraction of sp³-hybridized carbons (Fsp3) is 0.0455. The number of hydrogen-bond acceptors (Lipinski definition) is 4. The lowest BCUT2D eigenvalue weighted by atomic mass is 9.81. The maximum Gasteiger partial charge on any atom is 0.198 e. The van der Waals surface area contributed by atoms with Crippen molar-refractivity contribution in [2.75, 3.05) is 0 Å². The number of hydrogen-bond donors (Lipinski definition) is 1. The number of pyridine rings is 1. The van der Waals surface area contributed by atoms with Crippen molar-refractivity contribution in [1.29, 1.82) is 5.41 Å². The molecule has 4 heteroatoms. The number of ether oxygens (including phenoxy) is 1. The first-order valence-electron chi connectivity index (χ1n) is 8.09. The first kappa shape index (κ1) is 15.8. The predicted molar refractivity (Wildman–Crippen MR) is 98.8 cm³/mol. The summed E-state index contributed by atoms with van der Waals surface area (Å²) in [4.78, 5) is 17.2. The molecule has 0 radical (unpaired) electrons. The van der Waals surface area contributed by atoms with Crippen LogP contribution < -0.4 is 4.74 Å². The molecule has 3 aromatic rings. The molecule has 0 spiro atoms. The Kier molecular flexibility index (Phi) is 3.83. The number of rotatable bonds is 3. The normalized spacial score (nSPS) is 12.1. The van der Waals surface area contributed by atoms with Crippen LogP contribution in [0.25, 0.3) is 0 Å². The smallest absolute Gasteiger partial charge is 0.198 e. The van der Waals surface area contributed by atoms with Gasteiger partial charge in [0.25, 0.3) is 0 Å². The molecule has 4 rings (SSSR count). The molecule has 0 fully saturated rings. The van der Waals surface area contributed by atoms with Crippen molar-refractivity contribution >= 4 is 11.5 Å². The second kappa shape index (κ2) is 6.30. The molecule has 4 nitrogen and oxygen atoms in total. The third kappa shape index (κ3) is 2.47. The van der Waals surface area contributed by atoms with Gasteiger partial charge in [0.1, 0.15) is 12.4 Å². The third-order valence-corrected chi connectivity index (χ3v) is 4.35. The molecule has 0 aliphatic heterocycles. The van der Waals surface area contributed by atoms with Crippen LogP contribution in [0.5, 0.6) is 5.75 Å². The van der Waals surface area contributed by atoms with Crippen molar-refractivity contribution in [3.63, 3.8) is 0 Å². The molecule has 0 amide bonds. The number of aromatic nitrogens is 1. The molecule has 0 bridgehead atoms. The van der Waals surface area contributed by atoms with Gasteiger partial charge >= 0.3 is 0 Å². The molecule has 26 heavy (non-hydrogen) atoms. The van der Waals surface area contributed by atoms with Crippen LogP contribution in [0.4, 0.5) is 0 Å². The highest BCUT2D eigenvalue weighted by Gasteiger charge is 2.31. The number of nitrogens with one attached hydrogen (secondary N) is 1. The van der Waals surface area contributed by atoms with Crippen molar-refractivity contribution in [3.8, 4) is 18.1 Å². The van der Waals surface area contributed by atoms with E-state index in [2.05, 4.69) is 10.9 Å². The Morgan fingerprint density at radius 1 is 1.04 bits per heavy atom. The van der Waals surface area contributed by atoms with E-state index in [1.165, 1.54) is 0 Å². The van der Waals surface area contributed by atoms with Gasteiger partial charge in [-0.25, -0.2) is 0 Å². The molecule has 0 atom stereocenters. The summed E-state index contributed by atoms with van der Waals surface area (Å²) in [5.41, 5.74) is 3.59. The molecule has 124 valence electrons. The third-order valence-electron chi connectivity index (χ3n) is 4.35. The number of carbonyl (C=O) groups is 1. The summed E-state index contributed by atoms with van der Waals surface area (Å²) in [5.74, 6) is 2.85. The van der Waals surface area contributed by atoms with Crippen molar-refractivity contribution < 1.29 is 9.53 Å². The van der Waals surface area contributed by atoms with Gasteiger partial charge in [0.05, 0.1) is 11.3 Å². The van der Waals surface area contributed by atoms with E-state index in [9.17, 15) is 4.79 Å². The van der Waals surface area contributed by atoms with E-state index in [0.717, 1.165) is 5.56 Å². The molecular formula is C22H14N2O2. The maximum absolute atomic E-state index is 13.1. The fourth-order valence-electron chi connectivity index (χ4n) is 3.14. The molecule has 0 unspecified atom stereocenters. The summed E-state index contributed by atoms with van der Waals surface area (Å²) in [5, 5.41) is 8.57. The minimum absolute atomic E-state index is 0.176. The van der Waals surface area contributed by atoms with Gasteiger partial charge < -0.3 is 4.74 Å². The average molecular weight is 338 g/mol. The van der Waals surface area contributed by atoms with Crippen LogP contribution in [0.1, 0.15) is 38.2 Å². The Bertz CT molecular complexity index is 1080. The Morgan fingerprint density at radius 3 is 2.62 bits per heavy atom. The highest BCUT2D eigenvalue weighted by Crippen LogP contribution is 2.34. The van der Waals surface area contributed by atoms with Crippen LogP contribution in [0, 0.1) is 17.8 Å². The fourth-order valence-corrected chi connectivity index (χ4v) is 3.14. The van der Waals surface area contributed by atoms with E-state index in [0.29, 0.717) is 40.2 Å². The minimum Gasteiger partial charge on any atom is -0.488 e. The van der Waals surface area contributed by atoms with Gasteiger partial charge in [-0.15, -0.1) is 6.42 Å². The van der Waals surface area contributed by atoms with Crippen LogP contribution in [0.3, 0.4) is 0 Å². The first-order chi connectivity index (χ1) is 12.7. The average Bonchev–Trinajstić information content (AvgIpc) is 2.70. The van der Waals surface area contributed by atoms with E-state index in [1.807, 2.05) is 12.1 Å². The van der Waals surface area contributed by atoms with E-state index >= 15 is 0 Å². The van der Waals surface area contributed by atoms with E-state index in [-0.39, 0.29) is 11.5 Å². The van der Waals surface area contributed by atoms with Crippen LogP contribution in [-0.2, 0) is 6.61 Å². The lowest BCUT2D eigenvalue weighted by molar-refractivity contribution is 0.103. The number of nitrogens with zero attached hydrogens (tertiary/aromatic N) is 1. The second-order valence-electron chi connectivity index (χ2n) is 5.91. The molecule has 1 N–H and O–H groups in total. The molecule has 1 aliphatic rings. The first-order valence-corrected chi connectivity index (χ1v) is 8.09. The summed E-state index contributed by atoms with van der Waals surface area (Å²) in [7, 11) is 0. The summed E-state index contributed by atoms with van der Waals surface area (Å²) >= 11 is 0. The number of benzene rings is 2. The van der Waals surface area contributed by atoms with Crippen molar-refractivity contribution in [1.82, 2.24) is 4.98 Å². The van der Waals surface area contributed by atoms with E-state index < -0.39 is 0 Å². The topological polar surface area (TPSA) is 63.0 Å². The SMILES string of the molecule is C#Cc1cccc2c1C(=N)c1cccc(OCc3cccnc3)c1C2=O. The Hall–Kier alpha value is -3.71. The quantitative estimate of drug-likeness (QED) is 0.581. The van der Waals surface area contributed by atoms with Gasteiger partial charge in [0.2, 0.25) is 0 Å². The van der Waals surface area contributed by atoms with Gasteiger partial charge in [-0.1, -0.05) is 36.3 Å². The number of terminal acetylenes is 1. The molecule has 1 aliphatic carbocycles. The lowest BCUT2D eigenvalue weighted by Crippen LogP contribution is -2.23. The van der Waals surface area contributed by atoms with Gasteiger partial charge in [0, 0.05) is 40.2 Å². The van der Waals surface area contributed by atoms with Gasteiger partial charge in [-0.05, 0) is 18.2 Å². The molecule has 1 aromatic heterocycles. The number of fused-ring (bicyclic) bond motifs is 2. The summed E-state index contributed by atoms with van der Waals surface area (Å²) in [6.07, 6.45) is 8.96. The number of carbonyl (C=O) groups excluding carboxylic acids is 1. The van der Waals surface area contributed by atoms with Gasteiger partial charge in [-0.3, -0.25) is 15.2 Å². The van der Waals surface area contributed by atoms with Crippen LogP contribution in [0.2, 0.25) is 0 Å². The minimum atomic E-state index is -0.176. The summed E-state index contributed by atoms with van der Waals surface area (Å²) in [6.45, 7) is 0.294. The zero-order valence-corrected chi connectivity index (χ0v) is 13.8. The van der Waals surface area contributed by atoms with Crippen molar-refractivity contribution in [2.45, 2.75) is 6.61 Å². The van der Waals surface area contributed by atoms with Crippen LogP contribution in [0.15, 0.2) is 60.9 Å². The molecule has 0 saturated carbocycles. The van der Waals surface area contributed by atoms with Crippen molar-refractivity contribution in [3.05, 3.63) is 94.3 Å². The predicted octanol–water partition coefficient (Wildman–Crippen LogP) is 3.60. The standard InChI is InChI=1S/C22H14N2O2/c1-2-15-7-3-9-17-19(15)21(23)16-8-4-10-18(20(16)22(17)25)26-13-14-6-5-11-24-12-14/h1,3-12,23H,13H2. The summed E-state index contributed by atoms with van der Waals surface area (Å²) < 4.78 is 5.88. The van der Waals surface area contributed by atoms with Crippen LogP contribution >= 0.6 is 0 Å². The number of ketones is 1. The van der Waals surface area contributed by atoms with Gasteiger partial charge in [0.15, 0.2) is 5.78 Å². The zero-order chi connectivity index (χ0) is 18.1. The summed E-state index contributed by atoms with van der Waals surface area (Å²) in [6, 6.07) is 14.2. The molecular weight excluding hydrogens is 324 g/mol. The molecule has 1 heterocycles. The van der Waals surface area contributed by atoms with Crippen LogP contribution in [-0.4, -0.2) is 16.5 Å². The van der Waals surface area contributed by atoms with Crippen molar-refractivity contribution in [2.24, 2.45) is 0 Å². The maximum atomic E-state index is 13.1. The van der Waals surface area contributed by atoms with E-state index in [1.54, 1.807) is 48.8 Å². The van der Waals surface area contributed by atoms with E-state index in [4.69, 9.17) is 16.6 Å². The Labute approximate surface area is 151 Å². The molecule has 0 saturated heterocycles. The monoisotopic (exact) mass is 338 g/mol. The zero-order valence-electron chi connectivity index (χ0n) is 13.8. The largest absolute Gasteiger partial charge is 0.488 e. The highest BCUT2D eigenvalue weighted by molar-refractivity contribution is 6.30.